The molecule has 2 aromatic rings. The van der Waals surface area contributed by atoms with Crippen molar-refractivity contribution < 1.29 is 22.7 Å². The van der Waals surface area contributed by atoms with Gasteiger partial charge in [-0.05, 0) is 30.7 Å². The predicted molar refractivity (Wildman–Crippen MR) is 65.5 cm³/mol. The summed E-state index contributed by atoms with van der Waals surface area (Å²) in [4.78, 5) is 16.0. The maximum Gasteiger partial charge on any atom is 0.573 e. The van der Waals surface area contributed by atoms with Crippen LogP contribution in [-0.4, -0.2) is 17.1 Å². The number of pyridine rings is 1. The van der Waals surface area contributed by atoms with E-state index in [-0.39, 0.29) is 16.8 Å². The van der Waals surface area contributed by atoms with Crippen LogP contribution < -0.4 is 4.74 Å². The van der Waals surface area contributed by atoms with Gasteiger partial charge in [-0.2, -0.15) is 0 Å². The number of carbonyl (C=O) groups excluding carboxylic acids is 1. The van der Waals surface area contributed by atoms with Crippen molar-refractivity contribution in [3.8, 4) is 5.75 Å². The van der Waals surface area contributed by atoms with Gasteiger partial charge in [0.05, 0.1) is 5.56 Å². The summed E-state index contributed by atoms with van der Waals surface area (Å²) in [6, 6.07) is 8.85. The number of halogens is 3. The molecule has 0 radical (unpaired) electrons. The van der Waals surface area contributed by atoms with E-state index in [0.717, 1.165) is 0 Å². The van der Waals surface area contributed by atoms with Gasteiger partial charge in [0.1, 0.15) is 11.4 Å². The lowest BCUT2D eigenvalue weighted by Gasteiger charge is -2.14. The Kier molecular flexibility index (Phi) is 3.74. The fourth-order valence-electron chi connectivity index (χ4n) is 1.72. The van der Waals surface area contributed by atoms with Gasteiger partial charge in [-0.25, -0.2) is 0 Å². The molecule has 20 heavy (non-hydrogen) atoms. The number of hydrogen-bond acceptors (Lipinski definition) is 3. The van der Waals surface area contributed by atoms with E-state index in [4.69, 9.17) is 0 Å². The van der Waals surface area contributed by atoms with Gasteiger partial charge in [0.2, 0.25) is 5.78 Å². The van der Waals surface area contributed by atoms with Gasteiger partial charge < -0.3 is 4.74 Å². The average molecular weight is 281 g/mol. The first-order valence-electron chi connectivity index (χ1n) is 5.69. The number of ketones is 1. The van der Waals surface area contributed by atoms with E-state index in [1.807, 2.05) is 0 Å². The van der Waals surface area contributed by atoms with Crippen LogP contribution in [0.25, 0.3) is 0 Å². The minimum Gasteiger partial charge on any atom is -0.405 e. The molecule has 2 rings (SSSR count). The smallest absolute Gasteiger partial charge is 0.405 e. The molecule has 0 aliphatic rings. The molecule has 0 unspecified atom stereocenters. The molecular formula is C14H10F3NO2. The summed E-state index contributed by atoms with van der Waals surface area (Å²) in [5.41, 5.74) is 0.121. The Morgan fingerprint density at radius 3 is 2.50 bits per heavy atom. The van der Waals surface area contributed by atoms with Crippen molar-refractivity contribution >= 4 is 5.78 Å². The second kappa shape index (κ2) is 5.32. The van der Waals surface area contributed by atoms with Gasteiger partial charge >= 0.3 is 6.36 Å². The van der Waals surface area contributed by atoms with E-state index < -0.39 is 17.9 Å². The number of carbonyl (C=O) groups is 1. The Morgan fingerprint density at radius 2 is 1.90 bits per heavy atom. The standard InChI is InChI=1S/C14H10F3NO2/c1-9-5-4-6-10(13(9)20-14(15,16)17)12(19)11-7-2-3-8-18-11/h2-8H,1H3. The average Bonchev–Trinajstić information content (AvgIpc) is 2.40. The molecule has 0 atom stereocenters. The van der Waals surface area contributed by atoms with Crippen molar-refractivity contribution in [2.45, 2.75) is 13.3 Å². The minimum atomic E-state index is -4.86. The summed E-state index contributed by atoms with van der Waals surface area (Å²) in [5, 5.41) is 0. The molecule has 0 fully saturated rings. The molecular weight excluding hydrogens is 271 g/mol. The number of nitrogens with zero attached hydrogens (tertiary/aromatic N) is 1. The number of hydrogen-bond donors (Lipinski definition) is 0. The number of alkyl halides is 3. The molecule has 6 heteroatoms. The van der Waals surface area contributed by atoms with Crippen molar-refractivity contribution in [2.24, 2.45) is 0 Å². The molecule has 0 bridgehead atoms. The molecule has 0 N–H and O–H groups in total. The quantitative estimate of drug-likeness (QED) is 0.808. The van der Waals surface area contributed by atoms with Gasteiger partial charge in [-0.1, -0.05) is 18.2 Å². The minimum absolute atomic E-state index is 0.0603. The second-order valence-corrected chi connectivity index (χ2v) is 4.04. The van der Waals surface area contributed by atoms with Gasteiger partial charge in [0, 0.05) is 6.20 Å². The number of ether oxygens (including phenoxy) is 1. The molecule has 0 aliphatic carbocycles. The first-order chi connectivity index (χ1) is 9.38. The predicted octanol–water partition coefficient (Wildman–Crippen LogP) is 3.52. The fraction of sp³-hybridized carbons (Fsp3) is 0.143. The highest BCUT2D eigenvalue weighted by Crippen LogP contribution is 2.30. The number of aromatic nitrogens is 1. The van der Waals surface area contributed by atoms with E-state index >= 15 is 0 Å². The molecule has 0 spiro atoms. The van der Waals surface area contributed by atoms with E-state index in [1.54, 1.807) is 12.1 Å². The Labute approximate surface area is 113 Å². The third-order valence-corrected chi connectivity index (χ3v) is 2.57. The molecule has 3 nitrogen and oxygen atoms in total. The van der Waals surface area contributed by atoms with Crippen LogP contribution in [0.5, 0.6) is 5.75 Å². The van der Waals surface area contributed by atoms with E-state index in [1.165, 1.54) is 37.4 Å². The van der Waals surface area contributed by atoms with E-state index in [2.05, 4.69) is 9.72 Å². The summed E-state index contributed by atoms with van der Waals surface area (Å²) < 4.78 is 41.2. The third kappa shape index (κ3) is 3.14. The largest absolute Gasteiger partial charge is 0.573 e. The lowest BCUT2D eigenvalue weighted by Crippen LogP contribution is -2.20. The van der Waals surface area contributed by atoms with E-state index in [9.17, 15) is 18.0 Å². The molecule has 104 valence electrons. The van der Waals surface area contributed by atoms with Crippen molar-refractivity contribution in [3.05, 3.63) is 59.4 Å². The molecule has 0 saturated carbocycles. The van der Waals surface area contributed by atoms with Crippen molar-refractivity contribution in [1.29, 1.82) is 0 Å². The van der Waals surface area contributed by atoms with Crippen LogP contribution in [0.2, 0.25) is 0 Å². The summed E-state index contributed by atoms with van der Waals surface area (Å²) in [6.45, 7) is 1.44. The highest BCUT2D eigenvalue weighted by atomic mass is 19.4. The van der Waals surface area contributed by atoms with Crippen LogP contribution in [0.15, 0.2) is 42.6 Å². The fourth-order valence-corrected chi connectivity index (χ4v) is 1.72. The Hall–Kier alpha value is -2.37. The Bertz CT molecular complexity index is 624. The highest BCUT2D eigenvalue weighted by molar-refractivity contribution is 6.09. The van der Waals surface area contributed by atoms with Crippen LogP contribution in [0.3, 0.4) is 0 Å². The summed E-state index contributed by atoms with van der Waals surface area (Å²) >= 11 is 0. The van der Waals surface area contributed by atoms with Crippen molar-refractivity contribution in [1.82, 2.24) is 4.98 Å². The zero-order chi connectivity index (χ0) is 14.8. The normalized spacial score (nSPS) is 11.2. The molecule has 1 aromatic carbocycles. The van der Waals surface area contributed by atoms with Crippen molar-refractivity contribution in [3.63, 3.8) is 0 Å². The number of aryl methyl sites for hydroxylation is 1. The summed E-state index contributed by atoms with van der Waals surface area (Å²) in [5.74, 6) is -1.11. The third-order valence-electron chi connectivity index (χ3n) is 2.57. The second-order valence-electron chi connectivity index (χ2n) is 4.04. The van der Waals surface area contributed by atoms with E-state index in [0.29, 0.717) is 0 Å². The van der Waals surface area contributed by atoms with Crippen LogP contribution in [0, 0.1) is 6.92 Å². The van der Waals surface area contributed by atoms with Crippen molar-refractivity contribution in [2.75, 3.05) is 0 Å². The monoisotopic (exact) mass is 281 g/mol. The van der Waals surface area contributed by atoms with Gasteiger partial charge in [0.25, 0.3) is 0 Å². The number of benzene rings is 1. The molecule has 1 aromatic heterocycles. The number of rotatable bonds is 3. The van der Waals surface area contributed by atoms with Gasteiger partial charge in [-0.3, -0.25) is 9.78 Å². The lowest BCUT2D eigenvalue weighted by molar-refractivity contribution is -0.274. The summed E-state index contributed by atoms with van der Waals surface area (Å²) in [6.07, 6.45) is -3.46. The molecule has 0 amide bonds. The molecule has 0 saturated heterocycles. The molecule has 0 aliphatic heterocycles. The van der Waals surface area contributed by atoms with Crippen LogP contribution >= 0.6 is 0 Å². The first kappa shape index (κ1) is 14.0. The zero-order valence-corrected chi connectivity index (χ0v) is 10.4. The maximum atomic E-state index is 12.4. The number of para-hydroxylation sites is 1. The highest BCUT2D eigenvalue weighted by Gasteiger charge is 2.33. The zero-order valence-electron chi connectivity index (χ0n) is 10.4. The Balaban J connectivity index is 2.47. The topological polar surface area (TPSA) is 39.2 Å². The van der Waals surface area contributed by atoms with Crippen LogP contribution in [-0.2, 0) is 0 Å². The Morgan fingerprint density at radius 1 is 1.15 bits per heavy atom. The molecule has 1 heterocycles. The van der Waals surface area contributed by atoms with Gasteiger partial charge in [0.15, 0.2) is 0 Å². The lowest BCUT2D eigenvalue weighted by atomic mass is 10.0. The first-order valence-corrected chi connectivity index (χ1v) is 5.69. The van der Waals surface area contributed by atoms with Gasteiger partial charge in [-0.15, -0.1) is 13.2 Å². The van der Waals surface area contributed by atoms with Crippen LogP contribution in [0.4, 0.5) is 13.2 Å². The maximum absolute atomic E-state index is 12.4. The van der Waals surface area contributed by atoms with Crippen LogP contribution in [0.1, 0.15) is 21.6 Å². The SMILES string of the molecule is Cc1cccc(C(=O)c2ccccn2)c1OC(F)(F)F. The summed E-state index contributed by atoms with van der Waals surface area (Å²) in [7, 11) is 0.